The highest BCUT2D eigenvalue weighted by atomic mass is 32.2. The minimum atomic E-state index is -3.95. The summed E-state index contributed by atoms with van der Waals surface area (Å²) in [5.74, 6) is 0.704. The zero-order valence-electron chi connectivity index (χ0n) is 18.6. The number of aryl methyl sites for hydroxylation is 1. The number of para-hydroxylation sites is 1. The Morgan fingerprint density at radius 3 is 2.45 bits per heavy atom. The van der Waals surface area contributed by atoms with Crippen molar-refractivity contribution in [2.45, 2.75) is 11.8 Å². The van der Waals surface area contributed by atoms with Gasteiger partial charge in [0.1, 0.15) is 18.1 Å². The topological polar surface area (TPSA) is 103 Å². The van der Waals surface area contributed by atoms with E-state index in [1.807, 2.05) is 0 Å². The van der Waals surface area contributed by atoms with Gasteiger partial charge < -0.3 is 19.5 Å². The highest BCUT2D eigenvalue weighted by Crippen LogP contribution is 2.26. The van der Waals surface area contributed by atoms with Gasteiger partial charge in [-0.1, -0.05) is 18.2 Å². The molecule has 0 saturated carbocycles. The van der Waals surface area contributed by atoms with E-state index in [1.165, 1.54) is 25.3 Å². The lowest BCUT2D eigenvalue weighted by Crippen LogP contribution is -2.18. The molecule has 174 valence electrons. The van der Waals surface area contributed by atoms with Crippen molar-refractivity contribution in [1.82, 2.24) is 0 Å². The van der Waals surface area contributed by atoms with Crippen LogP contribution in [0.5, 0.6) is 11.5 Å². The van der Waals surface area contributed by atoms with Gasteiger partial charge in [0.2, 0.25) is 0 Å². The zero-order chi connectivity index (χ0) is 23.8. The van der Waals surface area contributed by atoms with Crippen molar-refractivity contribution < 1.29 is 27.4 Å². The summed E-state index contributed by atoms with van der Waals surface area (Å²) in [5.41, 5.74) is 1.53. The smallest absolute Gasteiger partial charge is 0.261 e. The van der Waals surface area contributed by atoms with Crippen LogP contribution >= 0.6 is 0 Å². The van der Waals surface area contributed by atoms with Crippen molar-refractivity contribution in [3.63, 3.8) is 0 Å². The third-order valence-corrected chi connectivity index (χ3v) is 6.11. The number of amides is 1. The SMILES string of the molecule is COCCOc1ccc(S(=O)(=O)Nc2ccccc2C(=O)Nc2cccc(OC)c2)cc1C. The molecule has 0 atom stereocenters. The molecule has 9 heteroatoms. The fourth-order valence-electron chi connectivity index (χ4n) is 3.06. The maximum absolute atomic E-state index is 13.0. The Kier molecular flexibility index (Phi) is 7.92. The van der Waals surface area contributed by atoms with Gasteiger partial charge in [-0.15, -0.1) is 0 Å². The number of rotatable bonds is 10. The molecule has 0 aromatic heterocycles. The number of ether oxygens (including phenoxy) is 3. The van der Waals surface area contributed by atoms with Gasteiger partial charge in [0, 0.05) is 18.9 Å². The molecule has 0 spiro atoms. The van der Waals surface area contributed by atoms with Crippen molar-refractivity contribution in [2.75, 3.05) is 37.5 Å². The summed E-state index contributed by atoms with van der Waals surface area (Å²) >= 11 is 0. The minimum absolute atomic E-state index is 0.0575. The number of sulfonamides is 1. The molecular weight excluding hydrogens is 444 g/mol. The van der Waals surface area contributed by atoms with E-state index < -0.39 is 15.9 Å². The number of benzene rings is 3. The summed E-state index contributed by atoms with van der Waals surface area (Å²) in [4.78, 5) is 12.9. The highest BCUT2D eigenvalue weighted by molar-refractivity contribution is 7.92. The normalized spacial score (nSPS) is 11.0. The molecule has 0 unspecified atom stereocenters. The average molecular weight is 471 g/mol. The van der Waals surface area contributed by atoms with Crippen LogP contribution in [0.2, 0.25) is 0 Å². The first-order chi connectivity index (χ1) is 15.8. The molecule has 8 nitrogen and oxygen atoms in total. The minimum Gasteiger partial charge on any atom is -0.497 e. The Balaban J connectivity index is 1.80. The number of nitrogens with one attached hydrogen (secondary N) is 2. The van der Waals surface area contributed by atoms with Gasteiger partial charge >= 0.3 is 0 Å². The van der Waals surface area contributed by atoms with Crippen LogP contribution < -0.4 is 19.5 Å². The molecule has 0 fully saturated rings. The van der Waals surface area contributed by atoms with E-state index in [0.29, 0.717) is 36.0 Å². The van der Waals surface area contributed by atoms with Gasteiger partial charge in [0.05, 0.1) is 29.9 Å². The molecule has 0 aliphatic rings. The Bertz CT molecular complexity index is 1230. The van der Waals surface area contributed by atoms with Crippen LogP contribution in [0.3, 0.4) is 0 Å². The average Bonchev–Trinajstić information content (AvgIpc) is 2.80. The third kappa shape index (κ3) is 6.24. The second kappa shape index (κ2) is 10.8. The lowest BCUT2D eigenvalue weighted by atomic mass is 10.1. The quantitative estimate of drug-likeness (QED) is 0.433. The molecule has 0 bridgehead atoms. The largest absolute Gasteiger partial charge is 0.497 e. The van der Waals surface area contributed by atoms with E-state index in [0.717, 1.165) is 0 Å². The van der Waals surface area contributed by atoms with Gasteiger partial charge in [0.25, 0.3) is 15.9 Å². The molecule has 2 N–H and O–H groups in total. The summed E-state index contributed by atoms with van der Waals surface area (Å²) in [6, 6.07) is 17.9. The predicted molar refractivity (Wildman–Crippen MR) is 127 cm³/mol. The number of carbonyl (C=O) groups excluding carboxylic acids is 1. The van der Waals surface area contributed by atoms with Gasteiger partial charge in [-0.3, -0.25) is 9.52 Å². The summed E-state index contributed by atoms with van der Waals surface area (Å²) in [5, 5.41) is 2.76. The third-order valence-electron chi connectivity index (χ3n) is 4.75. The van der Waals surface area contributed by atoms with Crippen LogP contribution in [-0.4, -0.2) is 41.8 Å². The fourth-order valence-corrected chi connectivity index (χ4v) is 4.22. The van der Waals surface area contributed by atoms with Crippen LogP contribution in [0.25, 0.3) is 0 Å². The van der Waals surface area contributed by atoms with E-state index in [9.17, 15) is 13.2 Å². The fraction of sp³-hybridized carbons (Fsp3) is 0.208. The standard InChI is InChI=1S/C24H26N2O6S/c1-17-15-20(11-12-23(17)32-14-13-30-2)33(28,29)26-22-10-5-4-9-21(22)24(27)25-18-7-6-8-19(16-18)31-3/h4-12,15-16,26H,13-14H2,1-3H3,(H,25,27). The maximum Gasteiger partial charge on any atom is 0.261 e. The maximum atomic E-state index is 13.0. The van der Waals surface area contributed by atoms with Crippen molar-refractivity contribution in [3.8, 4) is 11.5 Å². The number of hydrogen-bond acceptors (Lipinski definition) is 6. The molecule has 3 aromatic rings. The van der Waals surface area contributed by atoms with Crippen molar-refractivity contribution >= 4 is 27.3 Å². The second-order valence-electron chi connectivity index (χ2n) is 7.11. The van der Waals surface area contributed by atoms with E-state index >= 15 is 0 Å². The van der Waals surface area contributed by atoms with E-state index in [1.54, 1.807) is 62.6 Å². The molecule has 0 aliphatic carbocycles. The van der Waals surface area contributed by atoms with Crippen LogP contribution in [0.4, 0.5) is 11.4 Å². The Labute approximate surface area is 193 Å². The molecule has 0 saturated heterocycles. The van der Waals surface area contributed by atoms with Gasteiger partial charge in [-0.05, 0) is 55.0 Å². The van der Waals surface area contributed by atoms with Crippen molar-refractivity contribution in [1.29, 1.82) is 0 Å². The Hall–Kier alpha value is -3.56. The first-order valence-electron chi connectivity index (χ1n) is 10.1. The Morgan fingerprint density at radius 2 is 1.73 bits per heavy atom. The number of hydrogen-bond donors (Lipinski definition) is 2. The molecule has 0 aliphatic heterocycles. The van der Waals surface area contributed by atoms with E-state index in [4.69, 9.17) is 14.2 Å². The van der Waals surface area contributed by atoms with Crippen LogP contribution in [0.1, 0.15) is 15.9 Å². The van der Waals surface area contributed by atoms with Crippen LogP contribution in [-0.2, 0) is 14.8 Å². The van der Waals surface area contributed by atoms with Crippen molar-refractivity contribution in [3.05, 3.63) is 77.9 Å². The number of methoxy groups -OCH3 is 2. The zero-order valence-corrected chi connectivity index (χ0v) is 19.4. The lowest BCUT2D eigenvalue weighted by molar-refractivity contribution is 0.102. The number of anilines is 2. The van der Waals surface area contributed by atoms with Crippen LogP contribution in [0.15, 0.2) is 71.6 Å². The van der Waals surface area contributed by atoms with Crippen molar-refractivity contribution in [2.24, 2.45) is 0 Å². The molecule has 3 rings (SSSR count). The van der Waals surface area contributed by atoms with Gasteiger partial charge in [0.15, 0.2) is 0 Å². The summed E-state index contributed by atoms with van der Waals surface area (Å²) < 4.78 is 44.3. The molecular formula is C24H26N2O6S. The molecule has 33 heavy (non-hydrogen) atoms. The van der Waals surface area contributed by atoms with E-state index in [-0.39, 0.29) is 16.1 Å². The lowest BCUT2D eigenvalue weighted by Gasteiger charge is -2.14. The molecule has 0 radical (unpaired) electrons. The highest BCUT2D eigenvalue weighted by Gasteiger charge is 2.20. The predicted octanol–water partition coefficient (Wildman–Crippen LogP) is 4.08. The van der Waals surface area contributed by atoms with Crippen LogP contribution in [0, 0.1) is 6.92 Å². The molecule has 1 amide bonds. The first-order valence-corrected chi connectivity index (χ1v) is 11.6. The number of carbonyl (C=O) groups is 1. The van der Waals surface area contributed by atoms with Gasteiger partial charge in [-0.25, -0.2) is 8.42 Å². The summed E-state index contributed by atoms with van der Waals surface area (Å²) in [6.07, 6.45) is 0. The molecule has 0 heterocycles. The first kappa shape index (κ1) is 24.1. The monoisotopic (exact) mass is 470 g/mol. The summed E-state index contributed by atoms with van der Waals surface area (Å²) in [7, 11) is -0.839. The van der Waals surface area contributed by atoms with Gasteiger partial charge in [-0.2, -0.15) is 0 Å². The summed E-state index contributed by atoms with van der Waals surface area (Å²) in [6.45, 7) is 2.55. The second-order valence-corrected chi connectivity index (χ2v) is 8.79. The van der Waals surface area contributed by atoms with E-state index in [2.05, 4.69) is 10.0 Å². The molecule has 3 aromatic carbocycles. The Morgan fingerprint density at radius 1 is 0.939 bits per heavy atom.